The molecule has 0 spiro atoms. The van der Waals surface area contributed by atoms with Crippen LogP contribution in [0.3, 0.4) is 0 Å². The molecule has 0 N–H and O–H groups in total. The van der Waals surface area contributed by atoms with Crippen LogP contribution in [0.2, 0.25) is 0 Å². The molecule has 1 saturated heterocycles. The van der Waals surface area contributed by atoms with Crippen molar-refractivity contribution in [2.45, 2.75) is 0 Å². The SMILES string of the molecule is O=C(c1nc(-c2cccs2)n(-c2ccc(F)cc2)n1)N1CCN(c2ccccc2[N+](=O)[O-])CC1. The summed E-state index contributed by atoms with van der Waals surface area (Å²) in [5.74, 6) is -0.134. The number of rotatable bonds is 5. The first-order chi connectivity index (χ1) is 16.5. The predicted molar refractivity (Wildman–Crippen MR) is 126 cm³/mol. The molecule has 11 heteroatoms. The van der Waals surface area contributed by atoms with Crippen LogP contribution in [0.1, 0.15) is 10.6 Å². The molecule has 0 radical (unpaired) electrons. The van der Waals surface area contributed by atoms with Gasteiger partial charge in [-0.25, -0.2) is 14.1 Å². The Balaban J connectivity index is 1.38. The van der Waals surface area contributed by atoms with Gasteiger partial charge in [-0.15, -0.1) is 16.4 Å². The van der Waals surface area contributed by atoms with E-state index in [-0.39, 0.29) is 23.2 Å². The average molecular weight is 479 g/mol. The fourth-order valence-electron chi connectivity index (χ4n) is 3.91. The first kappa shape index (κ1) is 21.7. The van der Waals surface area contributed by atoms with Crippen LogP contribution in [-0.4, -0.2) is 56.7 Å². The molecule has 1 aliphatic heterocycles. The van der Waals surface area contributed by atoms with Crippen molar-refractivity contribution in [3.8, 4) is 16.4 Å². The van der Waals surface area contributed by atoms with Gasteiger partial charge in [-0.1, -0.05) is 18.2 Å². The standard InChI is InChI=1S/C23H19FN6O3S/c24-16-7-9-17(10-8-16)29-22(20-6-3-15-34-20)25-21(26-29)23(31)28-13-11-27(12-14-28)18-4-1-2-5-19(18)30(32)33/h1-10,15H,11-14H2. The molecule has 3 heterocycles. The highest BCUT2D eigenvalue weighted by Gasteiger charge is 2.29. The molecule has 1 aliphatic rings. The van der Waals surface area contributed by atoms with Crippen molar-refractivity contribution < 1.29 is 14.1 Å². The molecule has 2 aromatic carbocycles. The van der Waals surface area contributed by atoms with E-state index in [4.69, 9.17) is 0 Å². The topological polar surface area (TPSA) is 97.4 Å². The van der Waals surface area contributed by atoms with E-state index in [0.29, 0.717) is 43.4 Å². The summed E-state index contributed by atoms with van der Waals surface area (Å²) < 4.78 is 15.0. The Morgan fingerprint density at radius 1 is 1.00 bits per heavy atom. The van der Waals surface area contributed by atoms with Crippen molar-refractivity contribution in [3.63, 3.8) is 0 Å². The largest absolute Gasteiger partial charge is 0.362 e. The molecule has 9 nitrogen and oxygen atoms in total. The number of carbonyl (C=O) groups excluding carboxylic acids is 1. The minimum atomic E-state index is -0.398. The van der Waals surface area contributed by atoms with Crippen molar-refractivity contribution in [1.82, 2.24) is 19.7 Å². The highest BCUT2D eigenvalue weighted by molar-refractivity contribution is 7.13. The minimum absolute atomic E-state index is 0.0440. The fraction of sp³-hybridized carbons (Fsp3) is 0.174. The molecule has 0 aliphatic carbocycles. The number of nitro groups is 1. The van der Waals surface area contributed by atoms with Gasteiger partial charge in [0.15, 0.2) is 5.82 Å². The van der Waals surface area contributed by atoms with Crippen molar-refractivity contribution in [2.75, 3.05) is 31.1 Å². The maximum Gasteiger partial charge on any atom is 0.293 e. The summed E-state index contributed by atoms with van der Waals surface area (Å²) in [5, 5.41) is 17.7. The van der Waals surface area contributed by atoms with Gasteiger partial charge in [-0.05, 0) is 41.8 Å². The Morgan fingerprint density at radius 3 is 2.41 bits per heavy atom. The van der Waals surface area contributed by atoms with Gasteiger partial charge in [0.05, 0.1) is 15.5 Å². The van der Waals surface area contributed by atoms with E-state index in [9.17, 15) is 19.3 Å². The first-order valence-electron chi connectivity index (χ1n) is 10.6. The smallest absolute Gasteiger partial charge is 0.293 e. The maximum atomic E-state index is 13.4. The number of benzene rings is 2. The second kappa shape index (κ2) is 9.02. The van der Waals surface area contributed by atoms with Crippen LogP contribution < -0.4 is 4.90 Å². The van der Waals surface area contributed by atoms with E-state index in [1.807, 2.05) is 22.4 Å². The number of hydrogen-bond donors (Lipinski definition) is 0. The van der Waals surface area contributed by atoms with E-state index in [1.165, 1.54) is 29.5 Å². The molecule has 2 aromatic heterocycles. The fourth-order valence-corrected chi connectivity index (χ4v) is 4.61. The van der Waals surface area contributed by atoms with Crippen LogP contribution in [0.25, 0.3) is 16.4 Å². The van der Waals surface area contributed by atoms with E-state index in [1.54, 1.807) is 39.9 Å². The molecule has 0 unspecified atom stereocenters. The van der Waals surface area contributed by atoms with Gasteiger partial charge in [0.1, 0.15) is 11.5 Å². The van der Waals surface area contributed by atoms with Crippen LogP contribution >= 0.6 is 11.3 Å². The summed E-state index contributed by atoms with van der Waals surface area (Å²) in [6.45, 7) is 1.66. The number of amides is 1. The van der Waals surface area contributed by atoms with Gasteiger partial charge in [-0.3, -0.25) is 14.9 Å². The third-order valence-electron chi connectivity index (χ3n) is 5.60. The average Bonchev–Trinajstić information content (AvgIpc) is 3.54. The lowest BCUT2D eigenvalue weighted by molar-refractivity contribution is -0.384. The number of para-hydroxylation sites is 2. The number of halogens is 1. The molecule has 34 heavy (non-hydrogen) atoms. The number of carbonyl (C=O) groups is 1. The molecular formula is C23H19FN6O3S. The van der Waals surface area contributed by atoms with E-state index in [2.05, 4.69) is 10.1 Å². The van der Waals surface area contributed by atoms with Crippen LogP contribution in [0, 0.1) is 15.9 Å². The lowest BCUT2D eigenvalue weighted by Gasteiger charge is -2.35. The van der Waals surface area contributed by atoms with E-state index < -0.39 is 4.92 Å². The van der Waals surface area contributed by atoms with Gasteiger partial charge in [0.25, 0.3) is 11.6 Å². The van der Waals surface area contributed by atoms with Gasteiger partial charge in [0.2, 0.25) is 5.82 Å². The molecule has 1 amide bonds. The van der Waals surface area contributed by atoms with E-state index in [0.717, 1.165) is 4.88 Å². The zero-order valence-corrected chi connectivity index (χ0v) is 18.7. The van der Waals surface area contributed by atoms with Crippen molar-refractivity contribution in [1.29, 1.82) is 0 Å². The van der Waals surface area contributed by atoms with Crippen LogP contribution in [0.4, 0.5) is 15.8 Å². The second-order valence-corrected chi connectivity index (χ2v) is 8.60. The van der Waals surface area contributed by atoms with E-state index >= 15 is 0 Å². The van der Waals surface area contributed by atoms with Crippen LogP contribution in [0.5, 0.6) is 0 Å². The first-order valence-corrected chi connectivity index (χ1v) is 11.4. The third kappa shape index (κ3) is 4.13. The van der Waals surface area contributed by atoms with Crippen molar-refractivity contribution in [3.05, 3.63) is 87.8 Å². The van der Waals surface area contributed by atoms with Gasteiger partial charge in [0, 0.05) is 32.2 Å². The monoisotopic (exact) mass is 478 g/mol. The minimum Gasteiger partial charge on any atom is -0.362 e. The Hall–Kier alpha value is -4.12. The molecule has 0 atom stereocenters. The zero-order valence-electron chi connectivity index (χ0n) is 17.9. The Bertz CT molecular complexity index is 1330. The molecule has 5 rings (SSSR count). The summed E-state index contributed by atoms with van der Waals surface area (Å²) in [6.07, 6.45) is 0. The number of aromatic nitrogens is 3. The Kier molecular flexibility index (Phi) is 5.76. The number of thiophene rings is 1. The molecule has 172 valence electrons. The summed E-state index contributed by atoms with van der Waals surface area (Å²) in [4.78, 5) is 33.1. The van der Waals surface area contributed by atoms with Crippen molar-refractivity contribution >= 4 is 28.6 Å². The Morgan fingerprint density at radius 2 is 1.74 bits per heavy atom. The third-order valence-corrected chi connectivity index (χ3v) is 6.46. The highest BCUT2D eigenvalue weighted by Crippen LogP contribution is 2.29. The summed E-state index contributed by atoms with van der Waals surface area (Å²) in [6, 6.07) is 16.2. The number of nitro benzene ring substituents is 1. The zero-order chi connectivity index (χ0) is 23.7. The molecule has 4 aromatic rings. The quantitative estimate of drug-likeness (QED) is 0.318. The van der Waals surface area contributed by atoms with Gasteiger partial charge < -0.3 is 9.80 Å². The number of anilines is 1. The Labute approximate surface area is 197 Å². The molecule has 0 saturated carbocycles. The lowest BCUT2D eigenvalue weighted by Crippen LogP contribution is -2.49. The van der Waals surface area contributed by atoms with Crippen LogP contribution in [0.15, 0.2) is 66.0 Å². The lowest BCUT2D eigenvalue weighted by atomic mass is 10.2. The summed E-state index contributed by atoms with van der Waals surface area (Å²) in [5.41, 5.74) is 1.18. The van der Waals surface area contributed by atoms with Crippen LogP contribution in [-0.2, 0) is 0 Å². The predicted octanol–water partition coefficient (Wildman–Crippen LogP) is 4.01. The van der Waals surface area contributed by atoms with Gasteiger partial charge in [-0.2, -0.15) is 0 Å². The number of hydrogen-bond acceptors (Lipinski definition) is 7. The number of nitrogens with zero attached hydrogens (tertiary/aromatic N) is 6. The number of piperazine rings is 1. The maximum absolute atomic E-state index is 13.4. The molecule has 1 fully saturated rings. The second-order valence-electron chi connectivity index (χ2n) is 7.65. The summed E-state index contributed by atoms with van der Waals surface area (Å²) >= 11 is 1.47. The molecular weight excluding hydrogens is 459 g/mol. The highest BCUT2D eigenvalue weighted by atomic mass is 32.1. The normalized spacial score (nSPS) is 13.8. The van der Waals surface area contributed by atoms with Gasteiger partial charge >= 0.3 is 0 Å². The summed E-state index contributed by atoms with van der Waals surface area (Å²) in [7, 11) is 0. The van der Waals surface area contributed by atoms with Crippen molar-refractivity contribution in [2.24, 2.45) is 0 Å². The molecule has 0 bridgehead atoms.